The summed E-state index contributed by atoms with van der Waals surface area (Å²) in [6.45, 7) is 0. The largest absolute Gasteiger partial charge is 2.00 e. The van der Waals surface area contributed by atoms with Gasteiger partial charge in [-0.25, -0.2) is 0 Å². The minimum atomic E-state index is -3.37. The van der Waals surface area contributed by atoms with Crippen molar-refractivity contribution in [2.45, 2.75) is 0 Å². The van der Waals surface area contributed by atoms with E-state index in [2.05, 4.69) is 0 Å². The Hall–Kier alpha value is 2.49. The van der Waals surface area contributed by atoms with Crippen LogP contribution in [0.15, 0.2) is 0 Å². The minimum absolute atomic E-state index is 0. The smallest absolute Gasteiger partial charge is 0.854 e. The van der Waals surface area contributed by atoms with Crippen molar-refractivity contribution in [1.29, 1.82) is 0 Å². The Morgan fingerprint density at radius 3 is 0.455 bits per heavy atom. The van der Waals surface area contributed by atoms with Crippen molar-refractivity contribution in [2.24, 2.45) is 0 Å². The Bertz CT molecular complexity index is 31.3. The molecule has 0 amide bonds. The van der Waals surface area contributed by atoms with E-state index >= 15 is 0 Å². The van der Waals surface area contributed by atoms with E-state index in [4.69, 9.17) is 29.4 Å². The van der Waals surface area contributed by atoms with Gasteiger partial charge in [-0.15, -0.1) is 0 Å². The third kappa shape index (κ3) is 222. The molecule has 0 aliphatic heterocycles. The van der Waals surface area contributed by atoms with Crippen LogP contribution in [0.4, 0.5) is 0 Å². The number of rotatable bonds is 0. The SMILES string of the molecule is [O-]P([O-])[O-].[O-]P([O-])[O-].[Zn+2].[Zn+2].[Zn+2]. The van der Waals surface area contributed by atoms with Gasteiger partial charge in [0, 0.05) is 0 Å². The molecule has 0 unspecified atom stereocenters. The molecule has 0 bridgehead atoms. The zero-order valence-corrected chi connectivity index (χ0v) is 16.2. The number of hydrogen-bond acceptors (Lipinski definition) is 6. The molecule has 0 rings (SSSR count). The molecule has 52 valence electrons. The van der Waals surface area contributed by atoms with E-state index in [1.165, 1.54) is 0 Å². The zero-order chi connectivity index (χ0) is 7.15. The maximum Gasteiger partial charge on any atom is 2.00 e. The second kappa shape index (κ2) is 22.9. The molecule has 0 aliphatic carbocycles. The summed E-state index contributed by atoms with van der Waals surface area (Å²) in [6.07, 6.45) is 0. The van der Waals surface area contributed by atoms with Gasteiger partial charge in [0.2, 0.25) is 0 Å². The van der Waals surface area contributed by atoms with E-state index in [-0.39, 0.29) is 58.4 Å². The van der Waals surface area contributed by atoms with Gasteiger partial charge in [-0.3, -0.25) is 0 Å². The molecule has 0 aliphatic rings. The first kappa shape index (κ1) is 29.2. The standard InChI is InChI=1S/2O3P.3Zn/c2*1-4(2)3;;;/q2*-3;3*+2. The predicted molar refractivity (Wildman–Crippen MR) is 13.8 cm³/mol. The average Bonchev–Trinajstić information content (AvgIpc) is 1.25. The Morgan fingerprint density at radius 1 is 0.455 bits per heavy atom. The second-order valence-corrected chi connectivity index (χ2v) is 1.34. The van der Waals surface area contributed by atoms with Crippen molar-refractivity contribution in [3.8, 4) is 0 Å². The normalized spacial score (nSPS) is 6.55. The van der Waals surface area contributed by atoms with E-state index in [0.717, 1.165) is 0 Å². The van der Waals surface area contributed by atoms with Crippen molar-refractivity contribution >= 4 is 17.2 Å². The molecule has 6 nitrogen and oxygen atoms in total. The van der Waals surface area contributed by atoms with E-state index in [0.29, 0.717) is 0 Å². The molecule has 0 radical (unpaired) electrons. The van der Waals surface area contributed by atoms with E-state index in [9.17, 15) is 0 Å². The van der Waals surface area contributed by atoms with E-state index in [1.54, 1.807) is 0 Å². The quantitative estimate of drug-likeness (QED) is 0.314. The van der Waals surface area contributed by atoms with Crippen LogP contribution in [0, 0.1) is 0 Å². The van der Waals surface area contributed by atoms with Crippen LogP contribution >= 0.6 is 17.2 Å². The van der Waals surface area contributed by atoms with Crippen LogP contribution < -0.4 is 29.4 Å². The molecule has 0 fully saturated rings. The molecule has 0 heterocycles. The van der Waals surface area contributed by atoms with Crippen molar-refractivity contribution < 1.29 is 87.8 Å². The third-order valence-corrected chi connectivity index (χ3v) is 0. The molecule has 11 heteroatoms. The first-order valence-electron chi connectivity index (χ1n) is 1.10. The predicted octanol–water partition coefficient (Wildman–Crippen LogP) is -5.42. The molecule has 0 saturated carbocycles. The fourth-order valence-electron chi connectivity index (χ4n) is 0. The van der Waals surface area contributed by atoms with Crippen LogP contribution in [0.5, 0.6) is 0 Å². The van der Waals surface area contributed by atoms with Gasteiger partial charge >= 0.3 is 58.4 Å². The molecule has 11 heavy (non-hydrogen) atoms. The molecule has 0 aromatic rings. The van der Waals surface area contributed by atoms with Gasteiger partial charge in [-0.05, 0) is 0 Å². The van der Waals surface area contributed by atoms with Crippen LogP contribution in [-0.2, 0) is 58.4 Å². The topological polar surface area (TPSA) is 138 Å². The van der Waals surface area contributed by atoms with Crippen molar-refractivity contribution in [2.75, 3.05) is 0 Å². The molecule has 0 aromatic heterocycles. The van der Waals surface area contributed by atoms with Crippen molar-refractivity contribution in [3.05, 3.63) is 0 Å². The molecule has 0 N–H and O–H groups in total. The molecule has 0 spiro atoms. The van der Waals surface area contributed by atoms with Crippen molar-refractivity contribution in [1.82, 2.24) is 0 Å². The van der Waals surface area contributed by atoms with Crippen LogP contribution in [0.2, 0.25) is 0 Å². The second-order valence-electron chi connectivity index (χ2n) is 0.447. The molecular weight excluding hydrogens is 354 g/mol. The summed E-state index contributed by atoms with van der Waals surface area (Å²) >= 11 is 0. The Labute approximate surface area is 104 Å². The van der Waals surface area contributed by atoms with Crippen LogP contribution in [0.25, 0.3) is 0 Å². The molecule has 0 aromatic carbocycles. The Kier molecular flexibility index (Phi) is 60.7. The fraction of sp³-hybridized carbons (Fsp3) is 0. The van der Waals surface area contributed by atoms with Gasteiger partial charge < -0.3 is 46.6 Å². The van der Waals surface area contributed by atoms with Crippen LogP contribution in [0.3, 0.4) is 0 Å². The summed E-state index contributed by atoms with van der Waals surface area (Å²) in [6, 6.07) is 0. The monoisotopic (exact) mass is 350 g/mol. The van der Waals surface area contributed by atoms with Crippen molar-refractivity contribution in [3.63, 3.8) is 0 Å². The molecule has 0 saturated heterocycles. The van der Waals surface area contributed by atoms with E-state index < -0.39 is 17.2 Å². The average molecular weight is 354 g/mol. The summed E-state index contributed by atoms with van der Waals surface area (Å²) in [7, 11) is -6.74. The summed E-state index contributed by atoms with van der Waals surface area (Å²) in [5.41, 5.74) is 0. The minimum Gasteiger partial charge on any atom is -0.854 e. The van der Waals surface area contributed by atoms with Crippen LogP contribution in [0.1, 0.15) is 0 Å². The first-order chi connectivity index (χ1) is 3.46. The van der Waals surface area contributed by atoms with Gasteiger partial charge in [-0.2, -0.15) is 0 Å². The molecular formula is O6P2Zn3. The van der Waals surface area contributed by atoms with Gasteiger partial charge in [0.05, 0.1) is 0 Å². The first-order valence-corrected chi connectivity index (χ1v) is 3.29. The van der Waals surface area contributed by atoms with Gasteiger partial charge in [0.25, 0.3) is 0 Å². The summed E-state index contributed by atoms with van der Waals surface area (Å²) < 4.78 is 0. The zero-order valence-electron chi connectivity index (χ0n) is 5.47. The third-order valence-electron chi connectivity index (χ3n) is 0. The van der Waals surface area contributed by atoms with Gasteiger partial charge in [0.1, 0.15) is 0 Å². The fourth-order valence-corrected chi connectivity index (χ4v) is 0. The maximum atomic E-state index is 8.48. The van der Waals surface area contributed by atoms with Gasteiger partial charge in [0.15, 0.2) is 0 Å². The maximum absolute atomic E-state index is 8.48. The Morgan fingerprint density at radius 2 is 0.455 bits per heavy atom. The van der Waals surface area contributed by atoms with E-state index in [1.807, 2.05) is 0 Å². The van der Waals surface area contributed by atoms with Crippen LogP contribution in [-0.4, -0.2) is 0 Å². The summed E-state index contributed by atoms with van der Waals surface area (Å²) in [5.74, 6) is 0. The number of hydrogen-bond donors (Lipinski definition) is 0. The molecule has 0 atom stereocenters. The Balaban J connectivity index is -0.0000000171. The summed E-state index contributed by atoms with van der Waals surface area (Å²) in [5, 5.41) is 0. The van der Waals surface area contributed by atoms with Gasteiger partial charge in [-0.1, -0.05) is 0 Å². The summed E-state index contributed by atoms with van der Waals surface area (Å²) in [4.78, 5) is 50.9.